The number of amides is 3. The molecular weight excluding hydrogens is 248 g/mol. The molecule has 0 bridgehead atoms. The Hall–Kier alpha value is -1.85. The molecule has 1 aliphatic rings. The van der Waals surface area contributed by atoms with Crippen molar-refractivity contribution in [3.63, 3.8) is 0 Å². The Balaban J connectivity index is 2.35. The first kappa shape index (κ1) is 15.2. The van der Waals surface area contributed by atoms with Gasteiger partial charge >= 0.3 is 12.0 Å². The fourth-order valence-corrected chi connectivity index (χ4v) is 2.21. The van der Waals surface area contributed by atoms with Gasteiger partial charge in [-0.3, -0.25) is 10.1 Å². The molecular formula is C13H20N2O4. The number of rotatable bonds is 4. The zero-order valence-electron chi connectivity index (χ0n) is 11.1. The molecule has 1 aliphatic heterocycles. The minimum atomic E-state index is -1.22. The molecule has 1 fully saturated rings. The van der Waals surface area contributed by atoms with Crippen LogP contribution in [0.3, 0.4) is 0 Å². The molecule has 0 aromatic carbocycles. The van der Waals surface area contributed by atoms with Crippen LogP contribution in [0.5, 0.6) is 0 Å². The van der Waals surface area contributed by atoms with E-state index in [0.29, 0.717) is 25.1 Å². The second kappa shape index (κ2) is 7.56. The molecule has 19 heavy (non-hydrogen) atoms. The van der Waals surface area contributed by atoms with E-state index in [1.807, 2.05) is 0 Å². The number of carboxylic acids is 1. The number of urea groups is 1. The Bertz CT molecular complexity index is 371. The number of nitrogens with zero attached hydrogens (tertiary/aromatic N) is 1. The van der Waals surface area contributed by atoms with E-state index in [1.54, 1.807) is 4.90 Å². The first-order valence-electron chi connectivity index (χ1n) is 6.53. The van der Waals surface area contributed by atoms with Crippen molar-refractivity contribution >= 4 is 17.9 Å². The third-order valence-corrected chi connectivity index (χ3v) is 3.21. The van der Waals surface area contributed by atoms with Crippen LogP contribution in [-0.4, -0.2) is 41.0 Å². The molecule has 0 saturated carbocycles. The molecule has 0 aromatic rings. The molecule has 1 rings (SSSR count). The third-order valence-electron chi connectivity index (χ3n) is 3.21. The highest BCUT2D eigenvalue weighted by Crippen LogP contribution is 2.21. The number of imide groups is 1. The molecule has 1 heterocycles. The number of carbonyl (C=O) groups excluding carboxylic acids is 2. The van der Waals surface area contributed by atoms with Crippen molar-refractivity contribution in [3.05, 3.63) is 12.2 Å². The maximum Gasteiger partial charge on any atom is 0.328 e. The first-order valence-corrected chi connectivity index (χ1v) is 6.53. The van der Waals surface area contributed by atoms with E-state index in [-0.39, 0.29) is 0 Å². The van der Waals surface area contributed by atoms with E-state index in [0.717, 1.165) is 25.3 Å². The highest BCUT2D eigenvalue weighted by Gasteiger charge is 2.22. The van der Waals surface area contributed by atoms with Crippen LogP contribution in [0.25, 0.3) is 0 Å². The molecule has 0 aromatic heterocycles. The van der Waals surface area contributed by atoms with Gasteiger partial charge < -0.3 is 10.0 Å². The highest BCUT2D eigenvalue weighted by molar-refractivity contribution is 6.02. The maximum absolute atomic E-state index is 11.7. The molecule has 0 radical (unpaired) electrons. The summed E-state index contributed by atoms with van der Waals surface area (Å²) in [5.41, 5.74) is 0. The molecule has 106 valence electrons. The van der Waals surface area contributed by atoms with Gasteiger partial charge in [-0.25, -0.2) is 9.59 Å². The summed E-state index contributed by atoms with van der Waals surface area (Å²) in [5, 5.41) is 10.5. The van der Waals surface area contributed by atoms with Gasteiger partial charge in [-0.2, -0.15) is 0 Å². The topological polar surface area (TPSA) is 86.7 Å². The van der Waals surface area contributed by atoms with Crippen LogP contribution in [0.2, 0.25) is 0 Å². The summed E-state index contributed by atoms with van der Waals surface area (Å²) in [6.45, 7) is 3.44. The molecule has 6 heteroatoms. The van der Waals surface area contributed by atoms with Gasteiger partial charge in [-0.15, -0.1) is 0 Å². The van der Waals surface area contributed by atoms with Crippen molar-refractivity contribution in [2.24, 2.45) is 5.92 Å². The Kier molecular flexibility index (Phi) is 6.05. The smallest absolute Gasteiger partial charge is 0.328 e. The van der Waals surface area contributed by atoms with Crippen LogP contribution in [0.1, 0.15) is 32.6 Å². The summed E-state index contributed by atoms with van der Waals surface area (Å²) in [5.74, 6) is -1.26. The lowest BCUT2D eigenvalue weighted by Gasteiger charge is -2.31. The third kappa shape index (κ3) is 5.54. The molecule has 0 unspecified atom stereocenters. The number of hydrogen-bond donors (Lipinski definition) is 2. The minimum absolute atomic E-state index is 0.449. The van der Waals surface area contributed by atoms with Crippen LogP contribution in [-0.2, 0) is 9.59 Å². The standard InChI is InChI=1S/C13H20N2O4/c1-2-3-10-6-8-15(9-7-10)13(19)14-11(16)4-5-12(17)18/h4-5,10H,2-3,6-9H2,1H3,(H,17,18)(H,14,16,19)/b5-4+. The van der Waals surface area contributed by atoms with Crippen molar-refractivity contribution in [2.75, 3.05) is 13.1 Å². The summed E-state index contributed by atoms with van der Waals surface area (Å²) in [4.78, 5) is 34.8. The normalized spacial score (nSPS) is 16.6. The zero-order valence-corrected chi connectivity index (χ0v) is 11.1. The van der Waals surface area contributed by atoms with Crippen molar-refractivity contribution in [2.45, 2.75) is 32.6 Å². The predicted octanol–water partition coefficient (Wildman–Crippen LogP) is 1.38. The number of carbonyl (C=O) groups is 3. The van der Waals surface area contributed by atoms with Crippen LogP contribution >= 0.6 is 0 Å². The number of carboxylic acid groups (broad SMARTS) is 1. The summed E-state index contributed by atoms with van der Waals surface area (Å²) >= 11 is 0. The van der Waals surface area contributed by atoms with Crippen LogP contribution in [0.4, 0.5) is 4.79 Å². The second-order valence-corrected chi connectivity index (χ2v) is 4.69. The first-order chi connectivity index (χ1) is 9.02. The van der Waals surface area contributed by atoms with E-state index >= 15 is 0 Å². The van der Waals surface area contributed by atoms with Crippen LogP contribution in [0.15, 0.2) is 12.2 Å². The zero-order chi connectivity index (χ0) is 14.3. The van der Waals surface area contributed by atoms with E-state index in [1.165, 1.54) is 6.42 Å². The average molecular weight is 268 g/mol. The summed E-state index contributed by atoms with van der Waals surface area (Å²) in [6, 6.07) is -0.449. The number of likely N-dealkylation sites (tertiary alicyclic amines) is 1. The van der Waals surface area contributed by atoms with Gasteiger partial charge in [0.1, 0.15) is 0 Å². The van der Waals surface area contributed by atoms with Gasteiger partial charge in [-0.1, -0.05) is 19.8 Å². The largest absolute Gasteiger partial charge is 0.478 e. The molecule has 0 aliphatic carbocycles. The molecule has 3 amide bonds. The number of piperidine rings is 1. The van der Waals surface area contributed by atoms with E-state index in [2.05, 4.69) is 12.2 Å². The summed E-state index contributed by atoms with van der Waals surface area (Å²) in [6.07, 6.45) is 5.78. The van der Waals surface area contributed by atoms with Crippen molar-refractivity contribution in [1.29, 1.82) is 0 Å². The van der Waals surface area contributed by atoms with Gasteiger partial charge in [-0.05, 0) is 18.8 Å². The molecule has 1 saturated heterocycles. The van der Waals surface area contributed by atoms with Gasteiger partial charge in [0.2, 0.25) is 0 Å². The SMILES string of the molecule is CCCC1CCN(C(=O)NC(=O)/C=C/C(=O)O)CC1. The van der Waals surface area contributed by atoms with E-state index in [9.17, 15) is 14.4 Å². The quantitative estimate of drug-likeness (QED) is 0.754. The lowest BCUT2D eigenvalue weighted by Crippen LogP contribution is -2.46. The van der Waals surface area contributed by atoms with Gasteiger partial charge in [0, 0.05) is 25.2 Å². The van der Waals surface area contributed by atoms with Gasteiger partial charge in [0.05, 0.1) is 0 Å². The molecule has 2 N–H and O–H groups in total. The van der Waals surface area contributed by atoms with E-state index in [4.69, 9.17) is 5.11 Å². The Morgan fingerprint density at radius 1 is 1.26 bits per heavy atom. The summed E-state index contributed by atoms with van der Waals surface area (Å²) in [7, 11) is 0. The maximum atomic E-state index is 11.7. The predicted molar refractivity (Wildman–Crippen MR) is 69.5 cm³/mol. The van der Waals surface area contributed by atoms with E-state index < -0.39 is 17.9 Å². The van der Waals surface area contributed by atoms with Crippen molar-refractivity contribution < 1.29 is 19.5 Å². The van der Waals surface area contributed by atoms with Crippen molar-refractivity contribution in [3.8, 4) is 0 Å². The van der Waals surface area contributed by atoms with Crippen LogP contribution in [0, 0.1) is 5.92 Å². The fourth-order valence-electron chi connectivity index (χ4n) is 2.21. The van der Waals surface area contributed by atoms with Gasteiger partial charge in [0.25, 0.3) is 5.91 Å². The molecule has 6 nitrogen and oxygen atoms in total. The van der Waals surface area contributed by atoms with Crippen molar-refractivity contribution in [1.82, 2.24) is 10.2 Å². The lowest BCUT2D eigenvalue weighted by atomic mass is 9.93. The molecule has 0 spiro atoms. The number of nitrogens with one attached hydrogen (secondary N) is 1. The number of aliphatic carboxylic acids is 1. The second-order valence-electron chi connectivity index (χ2n) is 4.69. The monoisotopic (exact) mass is 268 g/mol. The fraction of sp³-hybridized carbons (Fsp3) is 0.615. The minimum Gasteiger partial charge on any atom is -0.478 e. The van der Waals surface area contributed by atoms with Gasteiger partial charge in [0.15, 0.2) is 0 Å². The Morgan fingerprint density at radius 2 is 1.89 bits per heavy atom. The molecule has 0 atom stereocenters. The highest BCUT2D eigenvalue weighted by atomic mass is 16.4. The summed E-state index contributed by atoms with van der Waals surface area (Å²) < 4.78 is 0. The average Bonchev–Trinajstić information content (AvgIpc) is 2.37. The number of hydrogen-bond acceptors (Lipinski definition) is 3. The Labute approximate surface area is 112 Å². The lowest BCUT2D eigenvalue weighted by molar-refractivity contribution is -0.131. The van der Waals surface area contributed by atoms with Crippen LogP contribution < -0.4 is 5.32 Å². The Morgan fingerprint density at radius 3 is 2.42 bits per heavy atom.